The van der Waals surface area contributed by atoms with Crippen LogP contribution in [0.4, 0.5) is 4.79 Å². The van der Waals surface area contributed by atoms with Gasteiger partial charge in [0.2, 0.25) is 0 Å². The molecule has 1 aliphatic heterocycles. The van der Waals surface area contributed by atoms with Crippen LogP contribution in [0.5, 0.6) is 0 Å². The Labute approximate surface area is 98.2 Å². The van der Waals surface area contributed by atoms with Crippen LogP contribution in [0, 0.1) is 5.41 Å². The number of hydrogen-bond acceptors (Lipinski definition) is 2. The molecular formula is C12H24N2O2. The van der Waals surface area contributed by atoms with Gasteiger partial charge in [-0.2, -0.15) is 0 Å². The Morgan fingerprint density at radius 3 is 2.19 bits per heavy atom. The number of carbonyl (C=O) groups is 1. The van der Waals surface area contributed by atoms with Crippen molar-refractivity contribution in [1.82, 2.24) is 9.80 Å². The second kappa shape index (κ2) is 4.24. The maximum atomic E-state index is 11.3. The smallest absolute Gasteiger partial charge is 0.407 e. The summed E-state index contributed by atoms with van der Waals surface area (Å²) in [5.74, 6) is 0. The third kappa shape index (κ3) is 2.32. The normalized spacial score (nSPS) is 32.9. The van der Waals surface area contributed by atoms with Crippen molar-refractivity contribution in [3.05, 3.63) is 0 Å². The molecule has 1 N–H and O–H groups in total. The lowest BCUT2D eigenvalue weighted by Gasteiger charge is -2.52. The molecule has 0 saturated carbocycles. The molecule has 3 unspecified atom stereocenters. The van der Waals surface area contributed by atoms with Crippen LogP contribution in [0.3, 0.4) is 0 Å². The lowest BCUT2D eigenvalue weighted by atomic mass is 9.79. The number of carboxylic acid groups (broad SMARTS) is 1. The Morgan fingerprint density at radius 2 is 1.81 bits per heavy atom. The molecule has 1 saturated heterocycles. The highest BCUT2D eigenvalue weighted by atomic mass is 16.4. The number of rotatable bonds is 0. The molecule has 4 nitrogen and oxygen atoms in total. The van der Waals surface area contributed by atoms with E-state index in [4.69, 9.17) is 0 Å². The lowest BCUT2D eigenvalue weighted by molar-refractivity contribution is -0.0286. The summed E-state index contributed by atoms with van der Waals surface area (Å²) in [6.07, 6.45) is -0.799. The highest BCUT2D eigenvalue weighted by Crippen LogP contribution is 2.33. The van der Waals surface area contributed by atoms with Gasteiger partial charge in [0, 0.05) is 18.6 Å². The number of likely N-dealkylation sites (N-methyl/N-ethyl adjacent to an activating group) is 1. The van der Waals surface area contributed by atoms with Crippen LogP contribution in [0.15, 0.2) is 0 Å². The average Bonchev–Trinajstić information content (AvgIpc) is 2.10. The van der Waals surface area contributed by atoms with E-state index in [9.17, 15) is 9.90 Å². The van der Waals surface area contributed by atoms with Crippen LogP contribution in [-0.4, -0.2) is 52.7 Å². The maximum Gasteiger partial charge on any atom is 0.407 e. The number of amides is 1. The van der Waals surface area contributed by atoms with Gasteiger partial charge in [0.15, 0.2) is 0 Å². The van der Waals surface area contributed by atoms with E-state index >= 15 is 0 Å². The molecule has 1 rings (SSSR count). The third-order valence-corrected chi connectivity index (χ3v) is 3.72. The molecule has 1 aliphatic rings. The molecule has 0 aromatic rings. The highest BCUT2D eigenvalue weighted by molar-refractivity contribution is 5.66. The van der Waals surface area contributed by atoms with Crippen LogP contribution in [0.25, 0.3) is 0 Å². The summed E-state index contributed by atoms with van der Waals surface area (Å²) in [5.41, 5.74) is -0.0355. The second-order valence-corrected chi connectivity index (χ2v) is 6.00. The molecule has 94 valence electrons. The first-order chi connectivity index (χ1) is 7.16. The molecule has 0 aliphatic carbocycles. The van der Waals surface area contributed by atoms with Gasteiger partial charge in [0.05, 0.1) is 6.04 Å². The van der Waals surface area contributed by atoms with Gasteiger partial charge in [-0.1, -0.05) is 20.8 Å². The van der Waals surface area contributed by atoms with Crippen molar-refractivity contribution in [3.8, 4) is 0 Å². The molecule has 0 aromatic heterocycles. The minimum Gasteiger partial charge on any atom is -0.465 e. The first kappa shape index (κ1) is 13.3. The second-order valence-electron chi connectivity index (χ2n) is 6.00. The fraction of sp³-hybridized carbons (Fsp3) is 0.917. The van der Waals surface area contributed by atoms with Crippen LogP contribution >= 0.6 is 0 Å². The quantitative estimate of drug-likeness (QED) is 0.690. The Morgan fingerprint density at radius 1 is 1.31 bits per heavy atom. The van der Waals surface area contributed by atoms with Gasteiger partial charge in [-0.25, -0.2) is 4.79 Å². The molecule has 0 bridgehead atoms. The molecule has 1 fully saturated rings. The zero-order valence-electron chi connectivity index (χ0n) is 11.2. The first-order valence-corrected chi connectivity index (χ1v) is 5.87. The first-order valence-electron chi connectivity index (χ1n) is 5.87. The van der Waals surface area contributed by atoms with E-state index in [1.54, 1.807) is 4.90 Å². The van der Waals surface area contributed by atoms with Crippen molar-refractivity contribution in [3.63, 3.8) is 0 Å². The summed E-state index contributed by atoms with van der Waals surface area (Å²) in [6, 6.07) is 0.579. The van der Waals surface area contributed by atoms with Crippen LogP contribution in [0.1, 0.15) is 34.6 Å². The molecule has 1 heterocycles. The van der Waals surface area contributed by atoms with Crippen LogP contribution < -0.4 is 0 Å². The van der Waals surface area contributed by atoms with Crippen LogP contribution in [0.2, 0.25) is 0 Å². The summed E-state index contributed by atoms with van der Waals surface area (Å²) < 4.78 is 0. The Balaban J connectivity index is 3.03. The lowest BCUT2D eigenvalue weighted by Crippen LogP contribution is -2.65. The summed E-state index contributed by atoms with van der Waals surface area (Å²) in [4.78, 5) is 15.2. The Kier molecular flexibility index (Phi) is 3.53. The minimum absolute atomic E-state index is 0.0355. The monoisotopic (exact) mass is 228 g/mol. The van der Waals surface area contributed by atoms with E-state index in [0.29, 0.717) is 6.54 Å². The van der Waals surface area contributed by atoms with Gasteiger partial charge in [0.1, 0.15) is 0 Å². The number of hydrogen-bond donors (Lipinski definition) is 1. The largest absolute Gasteiger partial charge is 0.465 e. The van der Waals surface area contributed by atoms with E-state index in [1.165, 1.54) is 0 Å². The van der Waals surface area contributed by atoms with Crippen molar-refractivity contribution < 1.29 is 9.90 Å². The van der Waals surface area contributed by atoms with Gasteiger partial charge in [0.25, 0.3) is 0 Å². The number of nitrogens with zero attached hydrogens (tertiary/aromatic N) is 2. The van der Waals surface area contributed by atoms with E-state index in [2.05, 4.69) is 46.6 Å². The van der Waals surface area contributed by atoms with Crippen molar-refractivity contribution >= 4 is 6.09 Å². The van der Waals surface area contributed by atoms with E-state index < -0.39 is 6.09 Å². The van der Waals surface area contributed by atoms with Crippen molar-refractivity contribution in [2.24, 2.45) is 5.41 Å². The Hall–Kier alpha value is -0.770. The van der Waals surface area contributed by atoms with E-state index in [0.717, 1.165) is 0 Å². The molecule has 0 aromatic carbocycles. The molecule has 16 heavy (non-hydrogen) atoms. The molecule has 1 amide bonds. The van der Waals surface area contributed by atoms with Crippen LogP contribution in [-0.2, 0) is 0 Å². The summed E-state index contributed by atoms with van der Waals surface area (Å²) in [7, 11) is 2.08. The topological polar surface area (TPSA) is 43.8 Å². The molecule has 3 atom stereocenters. The van der Waals surface area contributed by atoms with Crippen molar-refractivity contribution in [2.45, 2.75) is 52.7 Å². The zero-order valence-corrected chi connectivity index (χ0v) is 11.2. The van der Waals surface area contributed by atoms with Gasteiger partial charge in [-0.15, -0.1) is 0 Å². The van der Waals surface area contributed by atoms with Crippen molar-refractivity contribution in [2.75, 3.05) is 13.6 Å². The van der Waals surface area contributed by atoms with E-state index in [-0.39, 0.29) is 23.5 Å². The van der Waals surface area contributed by atoms with Gasteiger partial charge in [-0.3, -0.25) is 4.90 Å². The maximum absolute atomic E-state index is 11.3. The average molecular weight is 228 g/mol. The predicted octanol–water partition coefficient (Wildman–Crippen LogP) is 2.10. The summed E-state index contributed by atoms with van der Waals surface area (Å²) in [6.45, 7) is 11.1. The molecule has 0 radical (unpaired) electrons. The Bertz CT molecular complexity index is 273. The standard InChI is InChI=1S/C12H24N2O2/c1-8-7-14(11(15)16)10(12(3,4)5)9(2)13(8)6/h8-10H,7H2,1-6H3,(H,15,16). The van der Waals surface area contributed by atoms with Gasteiger partial charge >= 0.3 is 6.09 Å². The summed E-state index contributed by atoms with van der Waals surface area (Å²) >= 11 is 0. The highest BCUT2D eigenvalue weighted by Gasteiger charge is 2.44. The minimum atomic E-state index is -0.799. The van der Waals surface area contributed by atoms with Crippen molar-refractivity contribution in [1.29, 1.82) is 0 Å². The zero-order chi connectivity index (χ0) is 12.7. The molecule has 4 heteroatoms. The van der Waals surface area contributed by atoms with Gasteiger partial charge in [-0.05, 0) is 26.3 Å². The summed E-state index contributed by atoms with van der Waals surface area (Å²) in [5, 5.41) is 9.30. The van der Waals surface area contributed by atoms with Gasteiger partial charge < -0.3 is 10.0 Å². The molecule has 0 spiro atoms. The third-order valence-electron chi connectivity index (χ3n) is 3.72. The predicted molar refractivity (Wildman–Crippen MR) is 64.7 cm³/mol. The fourth-order valence-electron chi connectivity index (χ4n) is 2.80. The van der Waals surface area contributed by atoms with E-state index in [1.807, 2.05) is 0 Å². The SMILES string of the molecule is CC1CN(C(=O)O)C(C(C)(C)C)C(C)N1C. The molecular weight excluding hydrogens is 204 g/mol. The fourth-order valence-corrected chi connectivity index (χ4v) is 2.80. The number of piperazine rings is 1.